The van der Waals surface area contributed by atoms with E-state index in [0.29, 0.717) is 4.90 Å². The fourth-order valence-corrected chi connectivity index (χ4v) is 3.69. The first-order valence-corrected chi connectivity index (χ1v) is 8.32. The Morgan fingerprint density at radius 3 is 2.62 bits per heavy atom. The molecule has 1 aliphatic carbocycles. The highest BCUT2D eigenvalue weighted by atomic mass is 33.1. The van der Waals surface area contributed by atoms with Gasteiger partial charge in [-0.3, -0.25) is 0 Å². The molecule has 1 aromatic carbocycles. The molecule has 0 amide bonds. The van der Waals surface area contributed by atoms with Crippen molar-refractivity contribution in [2.45, 2.75) is 35.6 Å². The van der Waals surface area contributed by atoms with Crippen LogP contribution in [0.3, 0.4) is 0 Å². The SMILES string of the molecule is Cc1cc(SS)ccc1S(=O)(=O)NC1CC1. The molecule has 1 N–H and O–H groups in total. The van der Waals surface area contributed by atoms with Gasteiger partial charge in [0.05, 0.1) is 4.90 Å². The lowest BCUT2D eigenvalue weighted by Gasteiger charge is -2.09. The molecule has 0 radical (unpaired) electrons. The van der Waals surface area contributed by atoms with E-state index in [-0.39, 0.29) is 6.04 Å². The second-order valence-corrected chi connectivity index (χ2v) is 6.80. The minimum atomic E-state index is -3.34. The van der Waals surface area contributed by atoms with Crippen LogP contribution in [0.25, 0.3) is 0 Å². The van der Waals surface area contributed by atoms with Gasteiger partial charge in [0.25, 0.3) is 0 Å². The molecule has 0 saturated heterocycles. The van der Waals surface area contributed by atoms with Crippen LogP contribution in [0.1, 0.15) is 18.4 Å². The summed E-state index contributed by atoms with van der Waals surface area (Å²) in [5, 5.41) is 0. The number of sulfonamides is 1. The van der Waals surface area contributed by atoms with Gasteiger partial charge in [0.15, 0.2) is 0 Å². The van der Waals surface area contributed by atoms with Gasteiger partial charge in [-0.15, -0.1) is 11.7 Å². The molecule has 0 heterocycles. The molecule has 1 fully saturated rings. The normalized spacial score (nSPS) is 16.4. The van der Waals surface area contributed by atoms with Crippen molar-refractivity contribution in [2.24, 2.45) is 0 Å². The minimum absolute atomic E-state index is 0.142. The summed E-state index contributed by atoms with van der Waals surface area (Å²) in [6, 6.07) is 5.38. The van der Waals surface area contributed by atoms with E-state index >= 15 is 0 Å². The van der Waals surface area contributed by atoms with Crippen molar-refractivity contribution in [1.29, 1.82) is 0 Å². The highest BCUT2D eigenvalue weighted by Gasteiger charge is 2.28. The fraction of sp³-hybridized carbons (Fsp3) is 0.400. The van der Waals surface area contributed by atoms with Gasteiger partial charge in [-0.2, -0.15) is 0 Å². The van der Waals surface area contributed by atoms with Gasteiger partial charge in [-0.25, -0.2) is 13.1 Å². The van der Waals surface area contributed by atoms with Crippen LogP contribution in [-0.2, 0) is 10.0 Å². The number of aryl methyl sites for hydroxylation is 1. The van der Waals surface area contributed by atoms with E-state index in [0.717, 1.165) is 23.3 Å². The van der Waals surface area contributed by atoms with Crippen LogP contribution in [0.5, 0.6) is 0 Å². The number of rotatable bonds is 4. The van der Waals surface area contributed by atoms with Crippen molar-refractivity contribution in [3.8, 4) is 0 Å². The van der Waals surface area contributed by atoms with Gasteiger partial charge in [-0.05, 0) is 43.5 Å². The van der Waals surface area contributed by atoms with Crippen LogP contribution >= 0.6 is 22.5 Å². The predicted molar refractivity (Wildman–Crippen MR) is 69.4 cm³/mol. The molecule has 0 atom stereocenters. The lowest BCUT2D eigenvalue weighted by Crippen LogP contribution is -2.26. The maximum atomic E-state index is 12.0. The summed E-state index contributed by atoms with van der Waals surface area (Å²) in [7, 11) is -2.03. The highest BCUT2D eigenvalue weighted by Crippen LogP contribution is 2.27. The molecule has 16 heavy (non-hydrogen) atoms. The summed E-state index contributed by atoms with van der Waals surface area (Å²) in [6.45, 7) is 1.80. The zero-order valence-corrected chi connectivity index (χ0v) is 11.3. The molecular formula is C10H13NO2S3. The zero-order valence-electron chi connectivity index (χ0n) is 8.80. The smallest absolute Gasteiger partial charge is 0.208 e. The third-order valence-corrected chi connectivity index (χ3v) is 5.22. The van der Waals surface area contributed by atoms with E-state index in [2.05, 4.69) is 16.4 Å². The number of hydrogen-bond acceptors (Lipinski definition) is 4. The summed E-state index contributed by atoms with van der Waals surface area (Å²) in [5.41, 5.74) is 0.757. The number of hydrogen-bond donors (Lipinski definition) is 2. The van der Waals surface area contributed by atoms with Gasteiger partial charge in [0.1, 0.15) is 0 Å². The molecule has 0 aromatic heterocycles. The first-order valence-electron chi connectivity index (χ1n) is 4.97. The van der Waals surface area contributed by atoms with Crippen molar-refractivity contribution < 1.29 is 8.42 Å². The molecule has 3 nitrogen and oxygen atoms in total. The van der Waals surface area contributed by atoms with E-state index < -0.39 is 10.0 Å². The Morgan fingerprint density at radius 1 is 1.44 bits per heavy atom. The van der Waals surface area contributed by atoms with Crippen LogP contribution in [0, 0.1) is 6.92 Å². The first kappa shape index (κ1) is 12.3. The molecule has 0 aliphatic heterocycles. The zero-order chi connectivity index (χ0) is 11.8. The molecule has 88 valence electrons. The van der Waals surface area contributed by atoms with Crippen molar-refractivity contribution >= 4 is 32.5 Å². The van der Waals surface area contributed by atoms with Crippen LogP contribution in [-0.4, -0.2) is 14.5 Å². The molecule has 0 unspecified atom stereocenters. The summed E-state index contributed by atoms with van der Waals surface area (Å²) < 4.78 is 26.6. The van der Waals surface area contributed by atoms with E-state index in [1.165, 1.54) is 10.8 Å². The van der Waals surface area contributed by atoms with Gasteiger partial charge in [0, 0.05) is 10.9 Å². The summed E-state index contributed by atoms with van der Waals surface area (Å²) in [6.07, 6.45) is 1.89. The second-order valence-electron chi connectivity index (χ2n) is 3.91. The average Bonchev–Trinajstić information content (AvgIpc) is 3.00. The van der Waals surface area contributed by atoms with E-state index in [1.807, 2.05) is 6.07 Å². The Morgan fingerprint density at radius 2 is 2.12 bits per heavy atom. The van der Waals surface area contributed by atoms with Crippen molar-refractivity contribution in [1.82, 2.24) is 4.72 Å². The molecule has 1 saturated carbocycles. The van der Waals surface area contributed by atoms with Crippen LogP contribution < -0.4 is 4.72 Å². The Bertz CT molecular complexity index is 495. The standard InChI is InChI=1S/C10H13NO2S3/c1-7-6-9(15-14)4-5-10(7)16(12,13)11-8-2-3-8/h4-6,8,11,14H,2-3H2,1H3. The quantitative estimate of drug-likeness (QED) is 0.655. The Hall–Kier alpha value is -0.170. The van der Waals surface area contributed by atoms with Gasteiger partial charge < -0.3 is 0 Å². The Kier molecular flexibility index (Phi) is 3.53. The van der Waals surface area contributed by atoms with E-state index in [4.69, 9.17) is 0 Å². The molecule has 1 aliphatic rings. The minimum Gasteiger partial charge on any atom is -0.208 e. The number of nitrogens with one attached hydrogen (secondary N) is 1. The highest BCUT2D eigenvalue weighted by molar-refractivity contribution is 8.68. The topological polar surface area (TPSA) is 46.2 Å². The van der Waals surface area contributed by atoms with Gasteiger partial charge in [0.2, 0.25) is 10.0 Å². The van der Waals surface area contributed by atoms with Crippen LogP contribution in [0.2, 0.25) is 0 Å². The molecule has 0 bridgehead atoms. The largest absolute Gasteiger partial charge is 0.241 e. The van der Waals surface area contributed by atoms with Crippen LogP contribution in [0.15, 0.2) is 28.0 Å². The Labute approximate surface area is 105 Å². The Balaban J connectivity index is 2.31. The lowest BCUT2D eigenvalue weighted by molar-refractivity contribution is 0.580. The number of benzene rings is 1. The van der Waals surface area contributed by atoms with Gasteiger partial charge in [-0.1, -0.05) is 10.8 Å². The summed E-state index contributed by atoms with van der Waals surface area (Å²) in [5.74, 6) is 0. The van der Waals surface area contributed by atoms with Crippen molar-refractivity contribution in [3.05, 3.63) is 23.8 Å². The summed E-state index contributed by atoms with van der Waals surface area (Å²) >= 11 is 4.08. The molecule has 2 rings (SSSR count). The van der Waals surface area contributed by atoms with Crippen LogP contribution in [0.4, 0.5) is 0 Å². The van der Waals surface area contributed by atoms with Gasteiger partial charge >= 0.3 is 0 Å². The van der Waals surface area contributed by atoms with Crippen molar-refractivity contribution in [3.63, 3.8) is 0 Å². The second kappa shape index (κ2) is 4.60. The monoisotopic (exact) mass is 275 g/mol. The lowest BCUT2D eigenvalue weighted by atomic mass is 10.2. The molecule has 0 spiro atoms. The van der Waals surface area contributed by atoms with Crippen molar-refractivity contribution in [2.75, 3.05) is 0 Å². The predicted octanol–water partition coefficient (Wildman–Crippen LogP) is 2.37. The maximum absolute atomic E-state index is 12.0. The first-order chi connectivity index (χ1) is 7.53. The van der Waals surface area contributed by atoms with E-state index in [9.17, 15) is 8.42 Å². The average molecular weight is 275 g/mol. The number of thiol groups is 1. The third-order valence-electron chi connectivity index (χ3n) is 2.44. The van der Waals surface area contributed by atoms with E-state index in [1.54, 1.807) is 19.1 Å². The fourth-order valence-electron chi connectivity index (χ4n) is 1.46. The molecule has 6 heteroatoms. The molecule has 1 aromatic rings. The molecular weight excluding hydrogens is 262 g/mol. The third kappa shape index (κ3) is 2.74. The summed E-state index contributed by atoms with van der Waals surface area (Å²) in [4.78, 5) is 1.32. The maximum Gasteiger partial charge on any atom is 0.241 e.